The number of carboxylic acid groups (broad SMARTS) is 1. The molecule has 7 heteroatoms. The number of halogens is 1. The minimum Gasteiger partial charge on any atom is -0.480 e. The molecular formula is C21H28ClN3O3. The van der Waals surface area contributed by atoms with Crippen LogP contribution in [0, 0.1) is 0 Å². The van der Waals surface area contributed by atoms with Gasteiger partial charge in [0.1, 0.15) is 0 Å². The van der Waals surface area contributed by atoms with E-state index in [4.69, 9.17) is 5.11 Å². The predicted octanol–water partition coefficient (Wildman–Crippen LogP) is 3.07. The SMILES string of the molecule is CN(CC(=O)O)C1CCN(CCC(=O)Nc2cccc3ccccc23)CC1.Cl. The lowest BCUT2D eigenvalue weighted by molar-refractivity contribution is -0.138. The Morgan fingerprint density at radius 3 is 2.54 bits per heavy atom. The van der Waals surface area contributed by atoms with Gasteiger partial charge in [0.25, 0.3) is 0 Å². The van der Waals surface area contributed by atoms with E-state index in [0.29, 0.717) is 12.5 Å². The first-order chi connectivity index (χ1) is 13.0. The van der Waals surface area contributed by atoms with Crippen LogP contribution in [-0.4, -0.2) is 66.1 Å². The van der Waals surface area contributed by atoms with Gasteiger partial charge >= 0.3 is 5.97 Å². The number of likely N-dealkylation sites (N-methyl/N-ethyl adjacent to an activating group) is 1. The van der Waals surface area contributed by atoms with E-state index in [1.165, 1.54) is 0 Å². The summed E-state index contributed by atoms with van der Waals surface area (Å²) < 4.78 is 0. The number of anilines is 1. The van der Waals surface area contributed by atoms with Gasteiger partial charge in [-0.05, 0) is 44.4 Å². The molecule has 0 aromatic heterocycles. The van der Waals surface area contributed by atoms with Crippen molar-refractivity contribution >= 4 is 40.7 Å². The Labute approximate surface area is 171 Å². The minimum atomic E-state index is -0.787. The van der Waals surface area contributed by atoms with Gasteiger partial charge in [0.15, 0.2) is 0 Å². The zero-order valence-corrected chi connectivity index (χ0v) is 17.0. The summed E-state index contributed by atoms with van der Waals surface area (Å²) in [5, 5.41) is 14.1. The molecule has 0 radical (unpaired) electrons. The van der Waals surface area contributed by atoms with Gasteiger partial charge in [-0.3, -0.25) is 14.5 Å². The van der Waals surface area contributed by atoms with E-state index in [9.17, 15) is 9.59 Å². The molecule has 6 nitrogen and oxygen atoms in total. The Bertz CT molecular complexity index is 801. The molecule has 0 atom stereocenters. The van der Waals surface area contributed by atoms with Crippen molar-refractivity contribution in [2.45, 2.75) is 25.3 Å². The molecule has 1 amide bonds. The Balaban J connectivity index is 0.00000280. The molecule has 1 heterocycles. The highest BCUT2D eigenvalue weighted by molar-refractivity contribution is 6.02. The van der Waals surface area contributed by atoms with Gasteiger partial charge in [-0.2, -0.15) is 0 Å². The van der Waals surface area contributed by atoms with E-state index in [0.717, 1.165) is 48.9 Å². The number of piperidine rings is 1. The van der Waals surface area contributed by atoms with Crippen molar-refractivity contribution in [1.29, 1.82) is 0 Å². The molecule has 1 aliphatic heterocycles. The summed E-state index contributed by atoms with van der Waals surface area (Å²) in [7, 11) is 1.87. The van der Waals surface area contributed by atoms with Crippen LogP contribution < -0.4 is 5.32 Å². The highest BCUT2D eigenvalue weighted by Gasteiger charge is 2.23. The van der Waals surface area contributed by atoms with Gasteiger partial charge < -0.3 is 15.3 Å². The fourth-order valence-corrected chi connectivity index (χ4v) is 3.73. The van der Waals surface area contributed by atoms with Crippen LogP contribution in [0.5, 0.6) is 0 Å². The third-order valence-electron chi connectivity index (χ3n) is 5.28. The molecule has 1 aliphatic rings. The van der Waals surface area contributed by atoms with E-state index in [1.807, 2.05) is 54.4 Å². The number of carboxylic acids is 1. The number of benzene rings is 2. The van der Waals surface area contributed by atoms with Gasteiger partial charge in [-0.15, -0.1) is 12.4 Å². The van der Waals surface area contributed by atoms with Crippen LogP contribution in [0.1, 0.15) is 19.3 Å². The third-order valence-corrected chi connectivity index (χ3v) is 5.28. The summed E-state index contributed by atoms with van der Waals surface area (Å²) in [6, 6.07) is 14.3. The minimum absolute atomic E-state index is 0. The van der Waals surface area contributed by atoms with Crippen LogP contribution >= 0.6 is 12.4 Å². The molecule has 0 spiro atoms. The van der Waals surface area contributed by atoms with Crippen LogP contribution in [0.25, 0.3) is 10.8 Å². The second-order valence-electron chi connectivity index (χ2n) is 7.21. The molecule has 1 fully saturated rings. The molecule has 28 heavy (non-hydrogen) atoms. The van der Waals surface area contributed by atoms with Gasteiger partial charge in [-0.1, -0.05) is 36.4 Å². The summed E-state index contributed by atoms with van der Waals surface area (Å²) in [6.45, 7) is 2.61. The van der Waals surface area contributed by atoms with E-state index in [2.05, 4.69) is 10.2 Å². The summed E-state index contributed by atoms with van der Waals surface area (Å²) in [6.07, 6.45) is 2.34. The maximum atomic E-state index is 12.4. The number of amides is 1. The van der Waals surface area contributed by atoms with Crippen molar-refractivity contribution in [3.8, 4) is 0 Å². The first-order valence-electron chi connectivity index (χ1n) is 9.45. The normalized spacial score (nSPS) is 15.4. The van der Waals surface area contributed by atoms with E-state index in [1.54, 1.807) is 0 Å². The number of hydrogen-bond donors (Lipinski definition) is 2. The van der Waals surface area contributed by atoms with Gasteiger partial charge in [0.2, 0.25) is 5.91 Å². The second kappa shape index (κ2) is 10.4. The lowest BCUT2D eigenvalue weighted by Gasteiger charge is -2.36. The zero-order valence-electron chi connectivity index (χ0n) is 16.1. The Hall–Kier alpha value is -2.15. The molecule has 0 saturated carbocycles. The predicted molar refractivity (Wildman–Crippen MR) is 114 cm³/mol. The average molecular weight is 406 g/mol. The second-order valence-corrected chi connectivity index (χ2v) is 7.21. The van der Waals surface area contributed by atoms with Gasteiger partial charge in [-0.25, -0.2) is 0 Å². The molecule has 0 unspecified atom stereocenters. The van der Waals surface area contributed by atoms with Crippen molar-refractivity contribution in [2.24, 2.45) is 0 Å². The Morgan fingerprint density at radius 2 is 1.82 bits per heavy atom. The summed E-state index contributed by atoms with van der Waals surface area (Å²) >= 11 is 0. The molecule has 2 aromatic rings. The largest absolute Gasteiger partial charge is 0.480 e. The Kier molecular flexibility index (Phi) is 8.23. The van der Waals surface area contributed by atoms with Crippen LogP contribution in [0.3, 0.4) is 0 Å². The third kappa shape index (κ3) is 5.92. The number of aliphatic carboxylic acids is 1. The van der Waals surface area contributed by atoms with Crippen LogP contribution in [0.4, 0.5) is 5.69 Å². The van der Waals surface area contributed by atoms with Crippen molar-refractivity contribution in [3.63, 3.8) is 0 Å². The molecule has 0 aliphatic carbocycles. The lowest BCUT2D eigenvalue weighted by Crippen LogP contribution is -2.45. The van der Waals surface area contributed by atoms with Crippen molar-refractivity contribution in [2.75, 3.05) is 38.5 Å². The summed E-state index contributed by atoms with van der Waals surface area (Å²) in [4.78, 5) is 27.4. The highest BCUT2D eigenvalue weighted by Crippen LogP contribution is 2.23. The number of nitrogens with zero attached hydrogens (tertiary/aromatic N) is 2. The zero-order chi connectivity index (χ0) is 19.2. The first-order valence-corrected chi connectivity index (χ1v) is 9.45. The lowest BCUT2D eigenvalue weighted by atomic mass is 10.0. The molecule has 1 saturated heterocycles. The van der Waals surface area contributed by atoms with Crippen LogP contribution in [-0.2, 0) is 9.59 Å². The number of fused-ring (bicyclic) bond motifs is 1. The first kappa shape index (κ1) is 22.1. The quantitative estimate of drug-likeness (QED) is 0.740. The maximum absolute atomic E-state index is 12.4. The number of hydrogen-bond acceptors (Lipinski definition) is 4. The van der Waals surface area contributed by atoms with E-state index < -0.39 is 5.97 Å². The van der Waals surface area contributed by atoms with Crippen molar-refractivity contribution in [3.05, 3.63) is 42.5 Å². The number of rotatable bonds is 7. The molecule has 0 bridgehead atoms. The van der Waals surface area contributed by atoms with E-state index in [-0.39, 0.29) is 24.9 Å². The topological polar surface area (TPSA) is 72.9 Å². The highest BCUT2D eigenvalue weighted by atomic mass is 35.5. The molecule has 2 aromatic carbocycles. The number of likely N-dealkylation sites (tertiary alicyclic amines) is 1. The van der Waals surface area contributed by atoms with Gasteiger partial charge in [0, 0.05) is 30.1 Å². The smallest absolute Gasteiger partial charge is 0.317 e. The van der Waals surface area contributed by atoms with Crippen molar-refractivity contribution in [1.82, 2.24) is 9.80 Å². The fraction of sp³-hybridized carbons (Fsp3) is 0.429. The number of nitrogens with one attached hydrogen (secondary N) is 1. The number of carbonyl (C=O) groups excluding carboxylic acids is 1. The summed E-state index contributed by atoms with van der Waals surface area (Å²) in [5.74, 6) is -0.762. The fourth-order valence-electron chi connectivity index (χ4n) is 3.73. The number of carbonyl (C=O) groups is 2. The molecule has 3 rings (SSSR count). The molecule has 2 N–H and O–H groups in total. The monoisotopic (exact) mass is 405 g/mol. The van der Waals surface area contributed by atoms with Crippen LogP contribution in [0.2, 0.25) is 0 Å². The average Bonchev–Trinajstić information content (AvgIpc) is 2.66. The van der Waals surface area contributed by atoms with Crippen molar-refractivity contribution < 1.29 is 14.7 Å². The van der Waals surface area contributed by atoms with Gasteiger partial charge in [0.05, 0.1) is 6.54 Å². The van der Waals surface area contributed by atoms with Crippen LogP contribution in [0.15, 0.2) is 42.5 Å². The molecule has 152 valence electrons. The molecular weight excluding hydrogens is 378 g/mol. The Morgan fingerprint density at radius 1 is 1.14 bits per heavy atom. The standard InChI is InChI=1S/C21H27N3O3.ClH/c1-23(15-21(26)27)17-9-12-24(13-10-17)14-11-20(25)22-19-8-4-6-16-5-2-3-7-18(16)19;/h2-8,17H,9-15H2,1H3,(H,22,25)(H,26,27);1H. The van der Waals surface area contributed by atoms with E-state index >= 15 is 0 Å². The summed E-state index contributed by atoms with van der Waals surface area (Å²) in [5.41, 5.74) is 0.854. The maximum Gasteiger partial charge on any atom is 0.317 e.